The molecule has 0 bridgehead atoms. The predicted octanol–water partition coefficient (Wildman–Crippen LogP) is 0.695. The Kier molecular flexibility index (Phi) is 3.15. The highest BCUT2D eigenvalue weighted by Gasteiger charge is 2.16. The zero-order valence-corrected chi connectivity index (χ0v) is 8.40. The van der Waals surface area contributed by atoms with Crippen molar-refractivity contribution in [2.45, 2.75) is 4.90 Å². The number of carboxylic acid groups (broad SMARTS) is 1. The maximum absolute atomic E-state index is 11.4. The van der Waals surface area contributed by atoms with E-state index in [9.17, 15) is 13.2 Å². The number of hydrogen-bond donors (Lipinski definition) is 2. The zero-order chi connectivity index (χ0) is 11.5. The topological polar surface area (TPSA) is 107 Å². The number of hydrogen-bond acceptors (Lipinski definition) is 5. The first-order valence-corrected chi connectivity index (χ1v) is 5.51. The van der Waals surface area contributed by atoms with Gasteiger partial charge in [-0.05, 0) is 24.3 Å². The van der Waals surface area contributed by atoms with Gasteiger partial charge in [0.1, 0.15) is 0 Å². The Labute approximate surface area is 86.2 Å². The lowest BCUT2D eigenvalue weighted by atomic mass is 10.3. The lowest BCUT2D eigenvalue weighted by molar-refractivity contribution is 0.107. The van der Waals surface area contributed by atoms with Crippen LogP contribution in [0.4, 0.5) is 10.5 Å². The average molecular weight is 231 g/mol. The van der Waals surface area contributed by atoms with Crippen LogP contribution in [0.2, 0.25) is 0 Å². The number of anilines is 1. The summed E-state index contributed by atoms with van der Waals surface area (Å²) in [4.78, 5) is 10.00. The predicted molar refractivity (Wildman–Crippen MR) is 52.0 cm³/mol. The SMILES string of the molecule is Nc1ccc(S(=O)(=O)COC(=O)O)cc1. The van der Waals surface area contributed by atoms with Crippen LogP contribution >= 0.6 is 0 Å². The summed E-state index contributed by atoms with van der Waals surface area (Å²) in [6, 6.07) is 5.40. The van der Waals surface area contributed by atoms with Gasteiger partial charge in [0, 0.05) is 5.69 Å². The van der Waals surface area contributed by atoms with E-state index >= 15 is 0 Å². The van der Waals surface area contributed by atoms with Crippen molar-refractivity contribution in [3.8, 4) is 0 Å². The summed E-state index contributed by atoms with van der Waals surface area (Å²) in [7, 11) is -3.73. The van der Waals surface area contributed by atoms with Gasteiger partial charge in [-0.25, -0.2) is 13.2 Å². The molecule has 7 heteroatoms. The number of nitrogen functional groups attached to an aromatic ring is 1. The van der Waals surface area contributed by atoms with Crippen LogP contribution in [0.3, 0.4) is 0 Å². The minimum Gasteiger partial charge on any atom is -0.450 e. The van der Waals surface area contributed by atoms with E-state index in [1.807, 2.05) is 0 Å². The smallest absolute Gasteiger partial charge is 0.450 e. The van der Waals surface area contributed by atoms with Gasteiger partial charge in [-0.3, -0.25) is 0 Å². The first-order chi connectivity index (χ1) is 6.92. The largest absolute Gasteiger partial charge is 0.506 e. The third-order valence-electron chi connectivity index (χ3n) is 1.58. The molecule has 6 nitrogen and oxygen atoms in total. The van der Waals surface area contributed by atoms with E-state index in [0.29, 0.717) is 5.69 Å². The normalized spacial score (nSPS) is 10.9. The molecule has 0 aliphatic heterocycles. The van der Waals surface area contributed by atoms with Crippen LogP contribution < -0.4 is 5.73 Å². The number of sulfone groups is 1. The zero-order valence-electron chi connectivity index (χ0n) is 7.58. The highest BCUT2D eigenvalue weighted by Crippen LogP contribution is 2.13. The number of benzene rings is 1. The van der Waals surface area contributed by atoms with Crippen molar-refractivity contribution in [1.82, 2.24) is 0 Å². The molecule has 0 aliphatic carbocycles. The molecule has 0 saturated carbocycles. The number of nitrogens with two attached hydrogens (primary N) is 1. The fourth-order valence-corrected chi connectivity index (χ4v) is 1.81. The fraction of sp³-hybridized carbons (Fsp3) is 0.125. The molecule has 0 spiro atoms. The summed E-state index contributed by atoms with van der Waals surface area (Å²) >= 11 is 0. The molecule has 0 fully saturated rings. The summed E-state index contributed by atoms with van der Waals surface area (Å²) < 4.78 is 26.8. The summed E-state index contributed by atoms with van der Waals surface area (Å²) in [5.74, 6) is -0.897. The summed E-state index contributed by atoms with van der Waals surface area (Å²) in [5.41, 5.74) is 5.80. The lowest BCUT2D eigenvalue weighted by Crippen LogP contribution is -2.13. The van der Waals surface area contributed by atoms with Crippen LogP contribution in [0.15, 0.2) is 29.2 Å². The van der Waals surface area contributed by atoms with Gasteiger partial charge in [-0.15, -0.1) is 0 Å². The minimum absolute atomic E-state index is 0.0297. The molecule has 1 rings (SSSR count). The lowest BCUT2D eigenvalue weighted by Gasteiger charge is -2.03. The van der Waals surface area contributed by atoms with Gasteiger partial charge in [-0.1, -0.05) is 0 Å². The summed E-state index contributed by atoms with van der Waals surface area (Å²) in [6.45, 7) is 0. The molecule has 0 atom stereocenters. The fourth-order valence-electron chi connectivity index (χ4n) is 0.871. The van der Waals surface area contributed by atoms with Gasteiger partial charge in [0.05, 0.1) is 4.90 Å². The average Bonchev–Trinajstić information content (AvgIpc) is 2.16. The van der Waals surface area contributed by atoms with Crippen LogP contribution in [0.5, 0.6) is 0 Å². The second-order valence-corrected chi connectivity index (χ2v) is 4.65. The maximum atomic E-state index is 11.4. The molecule has 0 radical (unpaired) electrons. The molecule has 1 aromatic carbocycles. The molecule has 1 aromatic rings. The van der Waals surface area contributed by atoms with Crippen molar-refractivity contribution in [2.24, 2.45) is 0 Å². The van der Waals surface area contributed by atoms with Gasteiger partial charge in [0.2, 0.25) is 9.84 Å². The molecule has 0 aliphatic rings. The third-order valence-corrected chi connectivity index (χ3v) is 3.00. The Balaban J connectivity index is 2.87. The second kappa shape index (κ2) is 4.18. The molecule has 82 valence electrons. The van der Waals surface area contributed by atoms with Gasteiger partial charge in [0.25, 0.3) is 0 Å². The molecule has 0 aromatic heterocycles. The molecule has 0 unspecified atom stereocenters. The highest BCUT2D eigenvalue weighted by molar-refractivity contribution is 7.91. The van der Waals surface area contributed by atoms with Crippen molar-refractivity contribution in [2.75, 3.05) is 11.7 Å². The quantitative estimate of drug-likeness (QED) is 0.585. The van der Waals surface area contributed by atoms with Crippen LogP contribution in [0.25, 0.3) is 0 Å². The van der Waals surface area contributed by atoms with E-state index in [-0.39, 0.29) is 4.90 Å². The van der Waals surface area contributed by atoms with Crippen molar-refractivity contribution < 1.29 is 23.1 Å². The van der Waals surface area contributed by atoms with Gasteiger partial charge >= 0.3 is 6.16 Å². The van der Waals surface area contributed by atoms with E-state index in [1.54, 1.807) is 0 Å². The van der Waals surface area contributed by atoms with Crippen LogP contribution in [0.1, 0.15) is 0 Å². The Bertz CT molecular complexity index is 450. The highest BCUT2D eigenvalue weighted by atomic mass is 32.2. The van der Waals surface area contributed by atoms with E-state index in [1.165, 1.54) is 24.3 Å². The molecular weight excluding hydrogens is 222 g/mol. The van der Waals surface area contributed by atoms with Gasteiger partial charge < -0.3 is 15.6 Å². The minimum atomic E-state index is -3.73. The van der Waals surface area contributed by atoms with E-state index in [0.717, 1.165) is 0 Å². The Morgan fingerprint density at radius 3 is 2.33 bits per heavy atom. The molecule has 0 saturated heterocycles. The molecule has 3 N–H and O–H groups in total. The second-order valence-electron chi connectivity index (χ2n) is 2.71. The number of rotatable bonds is 3. The van der Waals surface area contributed by atoms with E-state index in [4.69, 9.17) is 10.8 Å². The number of ether oxygens (including phenoxy) is 1. The third kappa shape index (κ3) is 3.13. The van der Waals surface area contributed by atoms with E-state index < -0.39 is 21.9 Å². The van der Waals surface area contributed by atoms with Crippen molar-refractivity contribution >= 4 is 21.7 Å². The van der Waals surface area contributed by atoms with Crippen LogP contribution in [0, 0.1) is 0 Å². The Morgan fingerprint density at radius 1 is 1.33 bits per heavy atom. The van der Waals surface area contributed by atoms with Crippen LogP contribution in [-0.2, 0) is 14.6 Å². The standard InChI is InChI=1S/C8H9NO5S/c9-6-1-3-7(4-2-6)15(12,13)5-14-8(10)11/h1-4H,5,9H2,(H,10,11). The van der Waals surface area contributed by atoms with Gasteiger partial charge in [-0.2, -0.15) is 0 Å². The summed E-state index contributed by atoms with van der Waals surface area (Å²) in [6.07, 6.45) is -1.63. The molecule has 0 heterocycles. The molecule has 0 amide bonds. The maximum Gasteiger partial charge on any atom is 0.506 e. The first kappa shape index (κ1) is 11.3. The summed E-state index contributed by atoms with van der Waals surface area (Å²) in [5, 5.41) is 8.16. The van der Waals surface area contributed by atoms with Gasteiger partial charge in [0.15, 0.2) is 5.94 Å². The van der Waals surface area contributed by atoms with Crippen molar-refractivity contribution in [3.63, 3.8) is 0 Å². The molecular formula is C8H9NO5S. The van der Waals surface area contributed by atoms with Crippen molar-refractivity contribution in [3.05, 3.63) is 24.3 Å². The van der Waals surface area contributed by atoms with Crippen LogP contribution in [-0.4, -0.2) is 25.6 Å². The Morgan fingerprint density at radius 2 is 1.87 bits per heavy atom. The number of carbonyl (C=O) groups is 1. The Hall–Kier alpha value is -1.76. The van der Waals surface area contributed by atoms with E-state index in [2.05, 4.69) is 4.74 Å². The van der Waals surface area contributed by atoms with Crippen molar-refractivity contribution in [1.29, 1.82) is 0 Å². The molecule has 15 heavy (non-hydrogen) atoms. The monoisotopic (exact) mass is 231 g/mol. The first-order valence-electron chi connectivity index (χ1n) is 3.86.